The summed E-state index contributed by atoms with van der Waals surface area (Å²) in [5.41, 5.74) is 1.54. The molecule has 3 heterocycles. The number of carbonyl (C=O) groups is 1. The minimum Gasteiger partial charge on any atom is -0.293 e. The van der Waals surface area contributed by atoms with Crippen molar-refractivity contribution in [2.45, 2.75) is 39.2 Å². The van der Waals surface area contributed by atoms with Crippen molar-refractivity contribution in [3.8, 4) is 5.13 Å². The van der Waals surface area contributed by atoms with E-state index in [-0.39, 0.29) is 11.5 Å². The van der Waals surface area contributed by atoms with Crippen LogP contribution in [0.1, 0.15) is 40.2 Å². The van der Waals surface area contributed by atoms with Crippen molar-refractivity contribution in [1.82, 2.24) is 24.3 Å². The maximum absolute atomic E-state index is 12.6. The number of pyridine rings is 1. The molecule has 3 aromatic heterocycles. The van der Waals surface area contributed by atoms with Gasteiger partial charge in [-0.3, -0.25) is 9.78 Å². The largest absolute Gasteiger partial charge is 0.352 e. The van der Waals surface area contributed by atoms with Crippen molar-refractivity contribution in [3.63, 3.8) is 0 Å². The normalized spacial score (nSPS) is 13.9. The van der Waals surface area contributed by atoms with Gasteiger partial charge in [0.1, 0.15) is 6.33 Å². The van der Waals surface area contributed by atoms with Crippen LogP contribution in [0.15, 0.2) is 35.6 Å². The van der Waals surface area contributed by atoms with E-state index < -0.39 is 0 Å². The SMILES string of the molecule is Cc1nc(-n2cnn(CC3CC3)c2=O)sc1C(=O)CCc1ccncc1. The smallest absolute Gasteiger partial charge is 0.293 e. The maximum atomic E-state index is 12.6. The van der Waals surface area contributed by atoms with E-state index in [1.165, 1.54) is 26.9 Å². The molecule has 134 valence electrons. The third-order valence-electron chi connectivity index (χ3n) is 4.50. The van der Waals surface area contributed by atoms with Crippen LogP contribution in [0.3, 0.4) is 0 Å². The first-order valence-electron chi connectivity index (χ1n) is 8.66. The summed E-state index contributed by atoms with van der Waals surface area (Å²) >= 11 is 1.25. The van der Waals surface area contributed by atoms with E-state index >= 15 is 0 Å². The number of Topliss-reactive ketones (excluding diaryl/α,β-unsaturated/α-hetero) is 1. The summed E-state index contributed by atoms with van der Waals surface area (Å²) in [6.07, 6.45) is 8.32. The number of hydrogen-bond acceptors (Lipinski definition) is 6. The Bertz CT molecular complexity index is 985. The second kappa shape index (κ2) is 6.95. The molecule has 0 unspecified atom stereocenters. The molecule has 1 aliphatic carbocycles. The lowest BCUT2D eigenvalue weighted by Crippen LogP contribution is -2.24. The predicted octanol–water partition coefficient (Wildman–Crippen LogP) is 2.42. The van der Waals surface area contributed by atoms with E-state index in [0.29, 0.717) is 41.0 Å². The van der Waals surface area contributed by atoms with E-state index in [1.807, 2.05) is 12.1 Å². The van der Waals surface area contributed by atoms with E-state index in [9.17, 15) is 9.59 Å². The molecule has 0 amide bonds. The number of aromatic nitrogens is 5. The van der Waals surface area contributed by atoms with Crippen LogP contribution in [0, 0.1) is 12.8 Å². The Balaban J connectivity index is 1.51. The fourth-order valence-electron chi connectivity index (χ4n) is 2.80. The highest BCUT2D eigenvalue weighted by molar-refractivity contribution is 7.16. The molecule has 3 aromatic rings. The van der Waals surface area contributed by atoms with Gasteiger partial charge < -0.3 is 0 Å². The van der Waals surface area contributed by atoms with Gasteiger partial charge in [0.2, 0.25) is 0 Å². The van der Waals surface area contributed by atoms with Gasteiger partial charge in [-0.05, 0) is 49.8 Å². The summed E-state index contributed by atoms with van der Waals surface area (Å²) in [6.45, 7) is 2.47. The number of nitrogens with zero attached hydrogens (tertiary/aromatic N) is 5. The Morgan fingerprint density at radius 3 is 2.81 bits per heavy atom. The zero-order chi connectivity index (χ0) is 18.1. The molecule has 0 atom stereocenters. The van der Waals surface area contributed by atoms with Gasteiger partial charge in [0, 0.05) is 25.4 Å². The zero-order valence-electron chi connectivity index (χ0n) is 14.5. The van der Waals surface area contributed by atoms with Crippen LogP contribution >= 0.6 is 11.3 Å². The van der Waals surface area contributed by atoms with Crippen molar-refractivity contribution in [2.75, 3.05) is 0 Å². The average Bonchev–Trinajstić information content (AvgIpc) is 3.28. The molecule has 1 saturated carbocycles. The number of aryl methyl sites for hydroxylation is 2. The Hall–Kier alpha value is -2.61. The maximum Gasteiger partial charge on any atom is 0.352 e. The summed E-state index contributed by atoms with van der Waals surface area (Å²) in [5, 5.41) is 4.68. The van der Waals surface area contributed by atoms with Crippen molar-refractivity contribution in [2.24, 2.45) is 5.92 Å². The lowest BCUT2D eigenvalue weighted by molar-refractivity contribution is 0.0986. The van der Waals surface area contributed by atoms with Crippen molar-refractivity contribution in [3.05, 3.63) is 57.5 Å². The Morgan fingerprint density at radius 2 is 2.08 bits per heavy atom. The molecule has 0 saturated heterocycles. The van der Waals surface area contributed by atoms with Crippen LogP contribution in [-0.2, 0) is 13.0 Å². The summed E-state index contributed by atoms with van der Waals surface area (Å²) in [6, 6.07) is 3.82. The van der Waals surface area contributed by atoms with Gasteiger partial charge >= 0.3 is 5.69 Å². The molecule has 7 nitrogen and oxygen atoms in total. The number of ketones is 1. The second-order valence-corrected chi connectivity index (χ2v) is 7.58. The van der Waals surface area contributed by atoms with Crippen molar-refractivity contribution >= 4 is 17.1 Å². The molecule has 0 N–H and O–H groups in total. The van der Waals surface area contributed by atoms with Gasteiger partial charge in [-0.15, -0.1) is 0 Å². The Kier molecular flexibility index (Phi) is 4.50. The molecule has 0 radical (unpaired) electrons. The van der Waals surface area contributed by atoms with E-state index in [1.54, 1.807) is 19.3 Å². The molecule has 0 spiro atoms. The van der Waals surface area contributed by atoms with Gasteiger partial charge in [0.25, 0.3) is 0 Å². The van der Waals surface area contributed by atoms with Crippen molar-refractivity contribution < 1.29 is 4.79 Å². The molecule has 1 aliphatic rings. The van der Waals surface area contributed by atoms with Gasteiger partial charge in [-0.25, -0.2) is 19.0 Å². The van der Waals surface area contributed by atoms with Crippen molar-refractivity contribution in [1.29, 1.82) is 0 Å². The number of hydrogen-bond donors (Lipinski definition) is 0. The van der Waals surface area contributed by atoms with E-state index in [0.717, 1.165) is 18.4 Å². The van der Waals surface area contributed by atoms with Crippen LogP contribution in [0.4, 0.5) is 0 Å². The fourth-order valence-corrected chi connectivity index (χ4v) is 3.80. The molecular formula is C18H19N5O2S. The first kappa shape index (κ1) is 16.8. The van der Waals surface area contributed by atoms with E-state index in [4.69, 9.17) is 0 Å². The van der Waals surface area contributed by atoms with E-state index in [2.05, 4.69) is 15.1 Å². The third kappa shape index (κ3) is 3.50. The standard InChI is InChI=1S/C18H19N5O2S/c1-12-16(15(24)5-4-13-6-8-19-9-7-13)26-17(21-12)22-11-20-23(18(22)25)10-14-2-3-14/h6-9,11,14H,2-5,10H2,1H3. The summed E-state index contributed by atoms with van der Waals surface area (Å²) in [4.78, 5) is 34.1. The summed E-state index contributed by atoms with van der Waals surface area (Å²) < 4.78 is 2.92. The van der Waals surface area contributed by atoms with Gasteiger partial charge in [-0.2, -0.15) is 5.10 Å². The minimum absolute atomic E-state index is 0.0430. The minimum atomic E-state index is -0.193. The number of carbonyl (C=O) groups excluding carboxylic acids is 1. The summed E-state index contributed by atoms with van der Waals surface area (Å²) in [7, 11) is 0. The molecule has 0 aromatic carbocycles. The van der Waals surface area contributed by atoms with Crippen LogP contribution in [-0.4, -0.2) is 30.1 Å². The zero-order valence-corrected chi connectivity index (χ0v) is 15.3. The van der Waals surface area contributed by atoms with Gasteiger partial charge in [-0.1, -0.05) is 11.3 Å². The molecule has 1 fully saturated rings. The molecule has 4 rings (SSSR count). The summed E-state index contributed by atoms with van der Waals surface area (Å²) in [5.74, 6) is 0.612. The van der Waals surface area contributed by atoms with Gasteiger partial charge in [0.15, 0.2) is 10.9 Å². The van der Waals surface area contributed by atoms with Crippen LogP contribution < -0.4 is 5.69 Å². The lowest BCUT2D eigenvalue weighted by Gasteiger charge is -1.99. The number of thiazole rings is 1. The fraction of sp³-hybridized carbons (Fsp3) is 0.389. The first-order valence-corrected chi connectivity index (χ1v) is 9.48. The molecule has 0 aliphatic heterocycles. The highest BCUT2D eigenvalue weighted by Gasteiger charge is 2.24. The van der Waals surface area contributed by atoms with Crippen LogP contribution in [0.5, 0.6) is 0 Å². The number of rotatable bonds is 7. The topological polar surface area (TPSA) is 82.7 Å². The molecular weight excluding hydrogens is 350 g/mol. The van der Waals surface area contributed by atoms with Crippen LogP contribution in [0.25, 0.3) is 5.13 Å². The Morgan fingerprint density at radius 1 is 1.31 bits per heavy atom. The monoisotopic (exact) mass is 369 g/mol. The highest BCUT2D eigenvalue weighted by Crippen LogP contribution is 2.30. The van der Waals surface area contributed by atoms with Crippen LogP contribution in [0.2, 0.25) is 0 Å². The molecule has 0 bridgehead atoms. The molecule has 26 heavy (non-hydrogen) atoms. The lowest BCUT2D eigenvalue weighted by atomic mass is 10.1. The predicted molar refractivity (Wildman–Crippen MR) is 97.8 cm³/mol. The third-order valence-corrected chi connectivity index (χ3v) is 5.69. The Labute approximate surface area is 154 Å². The average molecular weight is 369 g/mol. The van der Waals surface area contributed by atoms with Gasteiger partial charge in [0.05, 0.1) is 10.6 Å². The quantitative estimate of drug-likeness (QED) is 0.597. The molecule has 8 heteroatoms. The highest BCUT2D eigenvalue weighted by atomic mass is 32.1. The first-order chi connectivity index (χ1) is 12.6. The second-order valence-electron chi connectivity index (χ2n) is 6.60.